The summed E-state index contributed by atoms with van der Waals surface area (Å²) in [7, 11) is 0. The Morgan fingerprint density at radius 3 is 2.75 bits per heavy atom. The van der Waals surface area contributed by atoms with Gasteiger partial charge >= 0.3 is 0 Å². The van der Waals surface area contributed by atoms with Gasteiger partial charge in [-0.25, -0.2) is 5.43 Å². The molecule has 0 radical (unpaired) electrons. The van der Waals surface area contributed by atoms with Crippen molar-refractivity contribution in [1.29, 1.82) is 0 Å². The van der Waals surface area contributed by atoms with E-state index in [-0.39, 0.29) is 11.3 Å². The van der Waals surface area contributed by atoms with E-state index in [0.717, 1.165) is 31.4 Å². The molecule has 6 heteroatoms. The number of unbranched alkanes of at least 4 members (excludes halogenated alkanes) is 1. The number of nitro benzene ring substituents is 1. The highest BCUT2D eigenvalue weighted by atomic mass is 16.6. The number of amides is 1. The Bertz CT molecular complexity index is 512. The van der Waals surface area contributed by atoms with Gasteiger partial charge in [0.15, 0.2) is 0 Å². The fraction of sp³-hybridized carbons (Fsp3) is 0.429. The number of non-ortho nitro benzene ring substituents is 1. The van der Waals surface area contributed by atoms with E-state index in [4.69, 9.17) is 0 Å². The van der Waals surface area contributed by atoms with Crippen molar-refractivity contribution in [2.45, 2.75) is 39.5 Å². The molecule has 0 heterocycles. The monoisotopic (exact) mass is 277 g/mol. The fourth-order valence-electron chi connectivity index (χ4n) is 1.65. The van der Waals surface area contributed by atoms with Gasteiger partial charge in [-0.05, 0) is 25.3 Å². The Kier molecular flexibility index (Phi) is 6.36. The van der Waals surface area contributed by atoms with Crippen LogP contribution in [0.1, 0.15) is 49.9 Å². The van der Waals surface area contributed by atoms with Crippen molar-refractivity contribution in [3.63, 3.8) is 0 Å². The van der Waals surface area contributed by atoms with E-state index < -0.39 is 10.8 Å². The number of hydrazone groups is 1. The summed E-state index contributed by atoms with van der Waals surface area (Å²) in [4.78, 5) is 22.0. The van der Waals surface area contributed by atoms with Gasteiger partial charge in [0.1, 0.15) is 0 Å². The molecule has 0 saturated carbocycles. The molecule has 0 atom stereocenters. The highest BCUT2D eigenvalue weighted by Crippen LogP contribution is 2.12. The molecule has 0 bridgehead atoms. The summed E-state index contributed by atoms with van der Waals surface area (Å²) in [5, 5.41) is 14.7. The van der Waals surface area contributed by atoms with E-state index in [1.54, 1.807) is 0 Å². The quantitative estimate of drug-likeness (QED) is 0.471. The number of hydrogen-bond acceptors (Lipinski definition) is 4. The summed E-state index contributed by atoms with van der Waals surface area (Å²) in [6.45, 7) is 4.07. The van der Waals surface area contributed by atoms with Gasteiger partial charge in [0.05, 0.1) is 4.92 Å². The van der Waals surface area contributed by atoms with Gasteiger partial charge in [0.2, 0.25) is 0 Å². The Labute approximate surface area is 118 Å². The zero-order valence-corrected chi connectivity index (χ0v) is 11.8. The van der Waals surface area contributed by atoms with E-state index in [0.29, 0.717) is 0 Å². The SMILES string of the molecule is CCCC/C(CC)=N/NC(=O)c1cccc([N+](=O)[O-])c1. The minimum absolute atomic E-state index is 0.108. The number of nitrogens with zero attached hydrogens (tertiary/aromatic N) is 2. The lowest BCUT2D eigenvalue weighted by Gasteiger charge is -2.04. The van der Waals surface area contributed by atoms with Crippen LogP contribution in [0.25, 0.3) is 0 Å². The van der Waals surface area contributed by atoms with E-state index >= 15 is 0 Å². The molecule has 0 saturated heterocycles. The van der Waals surface area contributed by atoms with E-state index in [1.807, 2.05) is 6.92 Å². The smallest absolute Gasteiger partial charge is 0.267 e. The van der Waals surface area contributed by atoms with Gasteiger partial charge in [0.25, 0.3) is 11.6 Å². The van der Waals surface area contributed by atoms with Crippen molar-refractivity contribution in [2.24, 2.45) is 5.10 Å². The Hall–Kier alpha value is -2.24. The van der Waals surface area contributed by atoms with Crippen LogP contribution in [0.2, 0.25) is 0 Å². The Balaban J connectivity index is 2.73. The molecular weight excluding hydrogens is 258 g/mol. The molecule has 108 valence electrons. The number of benzene rings is 1. The molecule has 0 aliphatic heterocycles. The molecule has 6 nitrogen and oxygen atoms in total. The lowest BCUT2D eigenvalue weighted by Crippen LogP contribution is -2.19. The van der Waals surface area contributed by atoms with Crippen LogP contribution < -0.4 is 5.43 Å². The van der Waals surface area contributed by atoms with Gasteiger partial charge in [-0.2, -0.15) is 5.10 Å². The maximum atomic E-state index is 11.9. The first-order valence-corrected chi connectivity index (χ1v) is 6.68. The molecule has 0 aromatic heterocycles. The first kappa shape index (κ1) is 15.8. The van der Waals surface area contributed by atoms with Gasteiger partial charge in [0, 0.05) is 23.4 Å². The molecule has 1 rings (SSSR count). The zero-order valence-electron chi connectivity index (χ0n) is 11.8. The van der Waals surface area contributed by atoms with Crippen LogP contribution in [0.3, 0.4) is 0 Å². The minimum Gasteiger partial charge on any atom is -0.267 e. The summed E-state index contributed by atoms with van der Waals surface area (Å²) in [6.07, 6.45) is 3.72. The van der Waals surface area contributed by atoms with Crippen molar-refractivity contribution in [2.75, 3.05) is 0 Å². The van der Waals surface area contributed by atoms with Crippen molar-refractivity contribution in [1.82, 2.24) is 5.43 Å². The summed E-state index contributed by atoms with van der Waals surface area (Å²) < 4.78 is 0. The molecule has 0 unspecified atom stereocenters. The third-order valence-corrected chi connectivity index (χ3v) is 2.86. The first-order valence-electron chi connectivity index (χ1n) is 6.68. The Morgan fingerprint density at radius 1 is 1.40 bits per heavy atom. The average molecular weight is 277 g/mol. The predicted octanol–water partition coefficient (Wildman–Crippen LogP) is 3.28. The first-order chi connectivity index (χ1) is 9.58. The predicted molar refractivity (Wildman–Crippen MR) is 77.8 cm³/mol. The van der Waals surface area contributed by atoms with E-state index in [1.165, 1.54) is 24.3 Å². The largest absolute Gasteiger partial charge is 0.271 e. The van der Waals surface area contributed by atoms with Crippen molar-refractivity contribution < 1.29 is 9.72 Å². The molecule has 0 aliphatic rings. The van der Waals surface area contributed by atoms with Crippen LogP contribution in [-0.4, -0.2) is 16.5 Å². The molecule has 20 heavy (non-hydrogen) atoms. The van der Waals surface area contributed by atoms with Crippen molar-refractivity contribution in [3.8, 4) is 0 Å². The molecule has 0 aliphatic carbocycles. The maximum Gasteiger partial charge on any atom is 0.271 e. The summed E-state index contributed by atoms with van der Waals surface area (Å²) in [5.74, 6) is -0.434. The summed E-state index contributed by atoms with van der Waals surface area (Å²) >= 11 is 0. The van der Waals surface area contributed by atoms with Crippen LogP contribution in [0.15, 0.2) is 29.4 Å². The number of rotatable bonds is 7. The second kappa shape index (κ2) is 8.04. The van der Waals surface area contributed by atoms with Gasteiger partial charge in [-0.15, -0.1) is 0 Å². The Morgan fingerprint density at radius 2 is 2.15 bits per heavy atom. The second-order valence-electron chi connectivity index (χ2n) is 4.38. The van der Waals surface area contributed by atoms with Crippen molar-refractivity contribution >= 4 is 17.3 Å². The number of carbonyl (C=O) groups excluding carboxylic acids is 1. The van der Waals surface area contributed by atoms with Gasteiger partial charge in [-0.1, -0.05) is 26.3 Å². The normalized spacial score (nSPS) is 11.2. The number of carbonyl (C=O) groups is 1. The molecule has 1 N–H and O–H groups in total. The van der Waals surface area contributed by atoms with Crippen LogP contribution in [-0.2, 0) is 0 Å². The molecule has 1 amide bonds. The third kappa shape index (κ3) is 4.79. The van der Waals surface area contributed by atoms with Crippen LogP contribution >= 0.6 is 0 Å². The van der Waals surface area contributed by atoms with Crippen LogP contribution in [0.4, 0.5) is 5.69 Å². The number of nitro groups is 1. The minimum atomic E-state index is -0.529. The highest BCUT2D eigenvalue weighted by Gasteiger charge is 2.11. The molecule has 0 spiro atoms. The van der Waals surface area contributed by atoms with E-state index in [9.17, 15) is 14.9 Å². The number of hydrogen-bond donors (Lipinski definition) is 1. The average Bonchev–Trinajstić information content (AvgIpc) is 2.47. The third-order valence-electron chi connectivity index (χ3n) is 2.86. The fourth-order valence-corrected chi connectivity index (χ4v) is 1.65. The standard InChI is InChI=1S/C14H19N3O3/c1-3-5-8-12(4-2)15-16-14(18)11-7-6-9-13(10-11)17(19)20/h6-7,9-10H,3-5,8H2,1-2H3,(H,16,18)/b15-12+. The van der Waals surface area contributed by atoms with Crippen molar-refractivity contribution in [3.05, 3.63) is 39.9 Å². The van der Waals surface area contributed by atoms with E-state index in [2.05, 4.69) is 17.5 Å². The molecule has 1 aromatic rings. The molecular formula is C14H19N3O3. The maximum absolute atomic E-state index is 11.9. The lowest BCUT2D eigenvalue weighted by atomic mass is 10.1. The topological polar surface area (TPSA) is 84.6 Å². The lowest BCUT2D eigenvalue weighted by molar-refractivity contribution is -0.384. The second-order valence-corrected chi connectivity index (χ2v) is 4.38. The molecule has 1 aromatic carbocycles. The summed E-state index contributed by atoms with van der Waals surface area (Å²) in [6, 6.07) is 5.59. The van der Waals surface area contributed by atoms with Gasteiger partial charge < -0.3 is 0 Å². The van der Waals surface area contributed by atoms with Crippen LogP contribution in [0.5, 0.6) is 0 Å². The number of nitrogens with one attached hydrogen (secondary N) is 1. The zero-order chi connectivity index (χ0) is 15.0. The van der Waals surface area contributed by atoms with Gasteiger partial charge in [-0.3, -0.25) is 14.9 Å². The highest BCUT2D eigenvalue weighted by molar-refractivity contribution is 5.96. The molecule has 0 fully saturated rings. The van der Waals surface area contributed by atoms with Crippen LogP contribution in [0, 0.1) is 10.1 Å². The summed E-state index contributed by atoms with van der Waals surface area (Å²) in [5.41, 5.74) is 3.50.